The number of hydrogen-bond acceptors (Lipinski definition) is 4. The van der Waals surface area contributed by atoms with Crippen LogP contribution in [0.5, 0.6) is 0 Å². The highest BCUT2D eigenvalue weighted by atomic mass is 35.5. The molecule has 3 aromatic rings. The number of para-hydroxylation sites is 1. The summed E-state index contributed by atoms with van der Waals surface area (Å²) in [5.74, 6) is -0.227. The first kappa shape index (κ1) is 16.1. The number of nitrogens with one attached hydrogen (secondary N) is 1. The van der Waals surface area contributed by atoms with Crippen LogP contribution < -0.4 is 5.32 Å². The number of thiazole rings is 1. The van der Waals surface area contributed by atoms with Gasteiger partial charge in [-0.3, -0.25) is 10.1 Å². The normalized spacial score (nSPS) is 11.2. The second-order valence-corrected chi connectivity index (χ2v) is 6.96. The van der Waals surface area contributed by atoms with Gasteiger partial charge in [0.05, 0.1) is 10.2 Å². The molecule has 3 rings (SSSR count). The molecule has 0 saturated carbocycles. The molecular weight excluding hydrogens is 348 g/mol. The van der Waals surface area contributed by atoms with Gasteiger partial charge in [0.25, 0.3) is 0 Å². The summed E-state index contributed by atoms with van der Waals surface area (Å²) in [5, 5.41) is 4.01. The van der Waals surface area contributed by atoms with E-state index in [-0.39, 0.29) is 5.91 Å². The number of anilines is 1. The highest BCUT2D eigenvalue weighted by molar-refractivity contribution is 7.98. The predicted octanol–water partition coefficient (Wildman–Crippen LogP) is 5.32. The number of aromatic nitrogens is 1. The minimum absolute atomic E-state index is 0.227. The van der Waals surface area contributed by atoms with E-state index in [1.165, 1.54) is 17.4 Å². The van der Waals surface area contributed by atoms with Gasteiger partial charge in [-0.05, 0) is 36.1 Å². The van der Waals surface area contributed by atoms with E-state index in [0.717, 1.165) is 20.7 Å². The number of thioether (sulfide) groups is 1. The van der Waals surface area contributed by atoms with Gasteiger partial charge in [0, 0.05) is 16.0 Å². The van der Waals surface area contributed by atoms with Crippen molar-refractivity contribution in [2.75, 3.05) is 11.6 Å². The van der Waals surface area contributed by atoms with Crippen LogP contribution in [0, 0.1) is 0 Å². The molecule has 0 spiro atoms. The van der Waals surface area contributed by atoms with E-state index in [2.05, 4.69) is 10.3 Å². The molecule has 0 aliphatic rings. The molecule has 0 fully saturated rings. The molecule has 6 heteroatoms. The number of halogens is 1. The van der Waals surface area contributed by atoms with Gasteiger partial charge in [0.2, 0.25) is 5.91 Å². The first-order valence-electron chi connectivity index (χ1n) is 6.84. The summed E-state index contributed by atoms with van der Waals surface area (Å²) < 4.78 is 1.06. The Labute approximate surface area is 147 Å². The summed E-state index contributed by atoms with van der Waals surface area (Å²) >= 11 is 9.17. The van der Waals surface area contributed by atoms with Gasteiger partial charge < -0.3 is 0 Å². The van der Waals surface area contributed by atoms with E-state index in [0.29, 0.717) is 10.2 Å². The Balaban J connectivity index is 1.77. The monoisotopic (exact) mass is 360 g/mol. The van der Waals surface area contributed by atoms with Crippen LogP contribution in [0.4, 0.5) is 5.13 Å². The van der Waals surface area contributed by atoms with E-state index in [1.807, 2.05) is 42.7 Å². The second-order valence-electron chi connectivity index (χ2n) is 4.67. The van der Waals surface area contributed by atoms with Gasteiger partial charge in [-0.15, -0.1) is 11.8 Å². The third-order valence-electron chi connectivity index (χ3n) is 3.15. The van der Waals surface area contributed by atoms with Crippen LogP contribution in [0.2, 0.25) is 5.02 Å². The average molecular weight is 361 g/mol. The SMILES string of the molecule is CSc1cccc2sc(NC(=O)/C=C/c3ccccc3Cl)nc12. The molecule has 0 unspecified atom stereocenters. The molecular formula is C17H13ClN2OS2. The average Bonchev–Trinajstić information content (AvgIpc) is 2.96. The lowest BCUT2D eigenvalue weighted by molar-refractivity contribution is -0.111. The molecule has 0 aliphatic heterocycles. The molecule has 1 N–H and O–H groups in total. The van der Waals surface area contributed by atoms with E-state index in [4.69, 9.17) is 11.6 Å². The highest BCUT2D eigenvalue weighted by Gasteiger charge is 2.09. The molecule has 23 heavy (non-hydrogen) atoms. The van der Waals surface area contributed by atoms with Crippen LogP contribution in [0.3, 0.4) is 0 Å². The largest absolute Gasteiger partial charge is 0.298 e. The fourth-order valence-electron chi connectivity index (χ4n) is 2.06. The molecule has 0 aliphatic carbocycles. The summed E-state index contributed by atoms with van der Waals surface area (Å²) in [4.78, 5) is 17.7. The van der Waals surface area contributed by atoms with Crippen molar-refractivity contribution in [3.05, 3.63) is 59.1 Å². The first-order valence-corrected chi connectivity index (χ1v) is 9.26. The smallest absolute Gasteiger partial charge is 0.250 e. The Kier molecular flexibility index (Phi) is 5.00. The van der Waals surface area contributed by atoms with E-state index < -0.39 is 0 Å². The molecule has 2 aromatic carbocycles. The molecule has 0 radical (unpaired) electrons. The summed E-state index contributed by atoms with van der Waals surface area (Å²) in [6, 6.07) is 13.4. The topological polar surface area (TPSA) is 42.0 Å². The van der Waals surface area contributed by atoms with Crippen LogP contribution in [0.1, 0.15) is 5.56 Å². The maximum atomic E-state index is 12.0. The number of benzene rings is 2. The van der Waals surface area contributed by atoms with Crippen LogP contribution in [0.25, 0.3) is 16.3 Å². The van der Waals surface area contributed by atoms with Crippen molar-refractivity contribution >= 4 is 62.0 Å². The molecule has 116 valence electrons. The molecule has 0 atom stereocenters. The van der Waals surface area contributed by atoms with Crippen LogP contribution >= 0.6 is 34.7 Å². The second kappa shape index (κ2) is 7.17. The number of carbonyl (C=O) groups excluding carboxylic acids is 1. The van der Waals surface area contributed by atoms with Crippen molar-refractivity contribution in [3.8, 4) is 0 Å². The number of amides is 1. The third kappa shape index (κ3) is 3.75. The first-order chi connectivity index (χ1) is 11.2. The Morgan fingerprint density at radius 1 is 1.26 bits per heavy atom. The molecule has 1 aromatic heterocycles. The van der Waals surface area contributed by atoms with Gasteiger partial charge in [-0.1, -0.05) is 47.2 Å². The zero-order valence-electron chi connectivity index (χ0n) is 12.2. The van der Waals surface area contributed by atoms with Crippen molar-refractivity contribution in [2.24, 2.45) is 0 Å². The molecule has 1 amide bonds. The lowest BCUT2D eigenvalue weighted by Crippen LogP contribution is -2.07. The number of fused-ring (bicyclic) bond motifs is 1. The van der Waals surface area contributed by atoms with Crippen LogP contribution in [-0.2, 0) is 4.79 Å². The van der Waals surface area contributed by atoms with Gasteiger partial charge in [-0.25, -0.2) is 4.98 Å². The Morgan fingerprint density at radius 3 is 2.87 bits per heavy atom. The maximum absolute atomic E-state index is 12.0. The summed E-state index contributed by atoms with van der Waals surface area (Å²) in [7, 11) is 0. The zero-order valence-corrected chi connectivity index (χ0v) is 14.6. The minimum atomic E-state index is -0.227. The Morgan fingerprint density at radius 2 is 2.09 bits per heavy atom. The van der Waals surface area contributed by atoms with Gasteiger partial charge in [-0.2, -0.15) is 0 Å². The van der Waals surface area contributed by atoms with E-state index >= 15 is 0 Å². The number of rotatable bonds is 4. The standard InChI is InChI=1S/C17H13ClN2OS2/c1-22-13-7-4-8-14-16(13)20-17(23-14)19-15(21)10-9-11-5-2-3-6-12(11)18/h2-10H,1H3,(H,19,20,21)/b10-9+. The van der Waals surface area contributed by atoms with Crippen molar-refractivity contribution in [3.63, 3.8) is 0 Å². The predicted molar refractivity (Wildman–Crippen MR) is 101 cm³/mol. The number of hydrogen-bond donors (Lipinski definition) is 1. The van der Waals surface area contributed by atoms with E-state index in [9.17, 15) is 4.79 Å². The summed E-state index contributed by atoms with van der Waals surface area (Å²) in [6.07, 6.45) is 5.17. The maximum Gasteiger partial charge on any atom is 0.250 e. The minimum Gasteiger partial charge on any atom is -0.298 e. The number of carbonyl (C=O) groups is 1. The highest BCUT2D eigenvalue weighted by Crippen LogP contribution is 2.32. The van der Waals surface area contributed by atoms with Gasteiger partial charge in [0.15, 0.2) is 5.13 Å². The van der Waals surface area contributed by atoms with Crippen LogP contribution in [0.15, 0.2) is 53.4 Å². The quantitative estimate of drug-likeness (QED) is 0.505. The summed E-state index contributed by atoms with van der Waals surface area (Å²) in [6.45, 7) is 0. The fourth-order valence-corrected chi connectivity index (χ4v) is 3.79. The molecule has 1 heterocycles. The lowest BCUT2D eigenvalue weighted by atomic mass is 10.2. The zero-order chi connectivity index (χ0) is 16.2. The Hall–Kier alpha value is -1.82. The van der Waals surface area contributed by atoms with Gasteiger partial charge in [0.1, 0.15) is 0 Å². The third-order valence-corrected chi connectivity index (χ3v) is 5.20. The van der Waals surface area contributed by atoms with Crippen molar-refractivity contribution in [2.45, 2.75) is 4.90 Å². The van der Waals surface area contributed by atoms with Gasteiger partial charge >= 0.3 is 0 Å². The van der Waals surface area contributed by atoms with Crippen molar-refractivity contribution in [1.82, 2.24) is 4.98 Å². The van der Waals surface area contributed by atoms with Crippen LogP contribution in [-0.4, -0.2) is 17.1 Å². The lowest BCUT2D eigenvalue weighted by Gasteiger charge is -1.98. The molecule has 3 nitrogen and oxygen atoms in total. The summed E-state index contributed by atoms with van der Waals surface area (Å²) in [5.41, 5.74) is 1.73. The van der Waals surface area contributed by atoms with Crippen molar-refractivity contribution < 1.29 is 4.79 Å². The Bertz CT molecular complexity index is 889. The number of nitrogens with zero attached hydrogens (tertiary/aromatic N) is 1. The fraction of sp³-hybridized carbons (Fsp3) is 0.0588. The van der Waals surface area contributed by atoms with Crippen molar-refractivity contribution in [1.29, 1.82) is 0 Å². The van der Waals surface area contributed by atoms with E-state index in [1.54, 1.807) is 23.9 Å². The molecule has 0 saturated heterocycles. The molecule has 0 bridgehead atoms.